The zero-order valence-electron chi connectivity index (χ0n) is 15.3. The molecule has 0 atom stereocenters. The minimum Gasteiger partial charge on any atom is -0.494 e. The van der Waals surface area contributed by atoms with Crippen molar-refractivity contribution in [3.63, 3.8) is 0 Å². The first-order valence-electron chi connectivity index (χ1n) is 8.57. The second-order valence-electron chi connectivity index (χ2n) is 5.54. The summed E-state index contributed by atoms with van der Waals surface area (Å²) in [6.07, 6.45) is 0. The van der Waals surface area contributed by atoms with Crippen LogP contribution in [0.15, 0.2) is 48.5 Å². The van der Waals surface area contributed by atoms with Crippen molar-refractivity contribution in [2.75, 3.05) is 30.0 Å². The number of benzene rings is 2. The van der Waals surface area contributed by atoms with Gasteiger partial charge < -0.3 is 19.7 Å². The number of amides is 2. The van der Waals surface area contributed by atoms with Crippen LogP contribution in [0.25, 0.3) is 0 Å². The van der Waals surface area contributed by atoms with Gasteiger partial charge in [0.2, 0.25) is 11.8 Å². The Morgan fingerprint density at radius 3 is 1.85 bits per heavy atom. The van der Waals surface area contributed by atoms with E-state index >= 15 is 0 Å². The van der Waals surface area contributed by atoms with E-state index in [2.05, 4.69) is 5.32 Å². The molecule has 0 fully saturated rings. The molecule has 2 amide bonds. The van der Waals surface area contributed by atoms with E-state index in [9.17, 15) is 9.59 Å². The van der Waals surface area contributed by atoms with Gasteiger partial charge in [0.1, 0.15) is 18.0 Å². The van der Waals surface area contributed by atoms with E-state index in [0.29, 0.717) is 24.6 Å². The van der Waals surface area contributed by atoms with Crippen LogP contribution in [-0.4, -0.2) is 31.6 Å². The summed E-state index contributed by atoms with van der Waals surface area (Å²) in [4.78, 5) is 25.7. The molecule has 138 valence electrons. The lowest BCUT2D eigenvalue weighted by Crippen LogP contribution is -2.36. The summed E-state index contributed by atoms with van der Waals surface area (Å²) >= 11 is 0. The summed E-state index contributed by atoms with van der Waals surface area (Å²) in [6.45, 7) is 6.33. The Balaban J connectivity index is 2.02. The maximum Gasteiger partial charge on any atom is 0.244 e. The van der Waals surface area contributed by atoms with Gasteiger partial charge in [-0.05, 0) is 62.4 Å². The fourth-order valence-electron chi connectivity index (χ4n) is 2.42. The van der Waals surface area contributed by atoms with E-state index in [-0.39, 0.29) is 18.4 Å². The number of ether oxygens (including phenoxy) is 2. The van der Waals surface area contributed by atoms with Crippen molar-refractivity contribution >= 4 is 23.2 Å². The number of hydrogen-bond donors (Lipinski definition) is 1. The third-order valence-electron chi connectivity index (χ3n) is 3.59. The van der Waals surface area contributed by atoms with Crippen LogP contribution in [0, 0.1) is 0 Å². The third kappa shape index (κ3) is 5.51. The quantitative estimate of drug-likeness (QED) is 0.786. The first kappa shape index (κ1) is 19.3. The fourth-order valence-corrected chi connectivity index (χ4v) is 2.42. The molecule has 26 heavy (non-hydrogen) atoms. The van der Waals surface area contributed by atoms with Crippen molar-refractivity contribution in [1.29, 1.82) is 0 Å². The van der Waals surface area contributed by atoms with Crippen LogP contribution in [0.4, 0.5) is 11.4 Å². The molecule has 1 N–H and O–H groups in total. The van der Waals surface area contributed by atoms with Crippen LogP contribution in [0.1, 0.15) is 20.8 Å². The maximum absolute atomic E-state index is 12.3. The van der Waals surface area contributed by atoms with Crippen molar-refractivity contribution in [3.05, 3.63) is 48.5 Å². The lowest BCUT2D eigenvalue weighted by molar-refractivity contribution is -0.120. The number of carbonyl (C=O) groups excluding carboxylic acids is 2. The molecule has 0 heterocycles. The van der Waals surface area contributed by atoms with Gasteiger partial charge in [-0.2, -0.15) is 0 Å². The standard InChI is InChI=1S/C20H24N2O4/c1-4-25-18-10-6-16(7-11-18)21-20(24)14-22(15(3)23)17-8-12-19(13-9-17)26-5-2/h6-13H,4-5,14H2,1-3H3,(H,21,24). The highest BCUT2D eigenvalue weighted by atomic mass is 16.5. The van der Waals surface area contributed by atoms with Crippen LogP contribution in [0.2, 0.25) is 0 Å². The summed E-state index contributed by atoms with van der Waals surface area (Å²) in [5.74, 6) is 0.970. The van der Waals surface area contributed by atoms with Crippen LogP contribution in [0.5, 0.6) is 11.5 Å². The first-order valence-corrected chi connectivity index (χ1v) is 8.57. The maximum atomic E-state index is 12.3. The molecule has 0 aliphatic carbocycles. The second kappa shape index (κ2) is 9.46. The molecule has 2 aromatic rings. The highest BCUT2D eigenvalue weighted by Crippen LogP contribution is 2.20. The number of anilines is 2. The van der Waals surface area contributed by atoms with Crippen molar-refractivity contribution in [2.24, 2.45) is 0 Å². The van der Waals surface area contributed by atoms with Crippen molar-refractivity contribution < 1.29 is 19.1 Å². The highest BCUT2D eigenvalue weighted by molar-refractivity contribution is 6.01. The molecular formula is C20H24N2O4. The summed E-state index contributed by atoms with van der Waals surface area (Å²) in [5.41, 5.74) is 1.29. The lowest BCUT2D eigenvalue weighted by Gasteiger charge is -2.21. The van der Waals surface area contributed by atoms with Gasteiger partial charge in [0.05, 0.1) is 13.2 Å². The van der Waals surface area contributed by atoms with Crippen LogP contribution in [0.3, 0.4) is 0 Å². The highest BCUT2D eigenvalue weighted by Gasteiger charge is 2.16. The zero-order valence-corrected chi connectivity index (χ0v) is 15.3. The van der Waals surface area contributed by atoms with Gasteiger partial charge in [0, 0.05) is 18.3 Å². The number of rotatable bonds is 8. The van der Waals surface area contributed by atoms with E-state index in [0.717, 1.165) is 11.5 Å². The monoisotopic (exact) mass is 356 g/mol. The molecule has 0 spiro atoms. The predicted octanol–water partition coefficient (Wildman–Crippen LogP) is 3.48. The molecule has 0 saturated carbocycles. The molecule has 0 aliphatic heterocycles. The summed E-state index contributed by atoms with van der Waals surface area (Å²) in [5, 5.41) is 2.78. The fraction of sp³-hybridized carbons (Fsp3) is 0.300. The smallest absolute Gasteiger partial charge is 0.244 e. The van der Waals surface area contributed by atoms with Gasteiger partial charge in [-0.1, -0.05) is 0 Å². The Kier molecular flexibility index (Phi) is 7.02. The molecule has 0 saturated heterocycles. The van der Waals surface area contributed by atoms with E-state index in [1.165, 1.54) is 11.8 Å². The van der Waals surface area contributed by atoms with Crippen molar-refractivity contribution in [2.45, 2.75) is 20.8 Å². The third-order valence-corrected chi connectivity index (χ3v) is 3.59. The molecule has 0 radical (unpaired) electrons. The van der Waals surface area contributed by atoms with Gasteiger partial charge in [-0.3, -0.25) is 9.59 Å². The second-order valence-corrected chi connectivity index (χ2v) is 5.54. The topological polar surface area (TPSA) is 67.9 Å². The Morgan fingerprint density at radius 2 is 1.38 bits per heavy atom. The van der Waals surface area contributed by atoms with E-state index in [1.54, 1.807) is 48.5 Å². The lowest BCUT2D eigenvalue weighted by atomic mass is 10.2. The Hall–Kier alpha value is -3.02. The predicted molar refractivity (Wildman–Crippen MR) is 102 cm³/mol. The molecule has 2 rings (SSSR count). The van der Waals surface area contributed by atoms with E-state index in [1.807, 2.05) is 13.8 Å². The minimum atomic E-state index is -0.279. The van der Waals surface area contributed by atoms with Crippen molar-refractivity contribution in [3.8, 4) is 11.5 Å². The number of nitrogens with one attached hydrogen (secondary N) is 1. The largest absolute Gasteiger partial charge is 0.494 e. The van der Waals surface area contributed by atoms with Gasteiger partial charge in [0.15, 0.2) is 0 Å². The molecule has 0 aliphatic rings. The first-order chi connectivity index (χ1) is 12.5. The van der Waals surface area contributed by atoms with Gasteiger partial charge >= 0.3 is 0 Å². The summed E-state index contributed by atoms with van der Waals surface area (Å²) in [6, 6.07) is 14.2. The van der Waals surface area contributed by atoms with E-state index < -0.39 is 0 Å². The average molecular weight is 356 g/mol. The Morgan fingerprint density at radius 1 is 0.885 bits per heavy atom. The molecule has 0 aromatic heterocycles. The Bertz CT molecular complexity index is 726. The Labute approximate surface area is 153 Å². The van der Waals surface area contributed by atoms with Crippen LogP contribution < -0.4 is 19.7 Å². The van der Waals surface area contributed by atoms with Gasteiger partial charge in [0.25, 0.3) is 0 Å². The molecule has 2 aromatic carbocycles. The minimum absolute atomic E-state index is 0.0729. The zero-order chi connectivity index (χ0) is 18.9. The number of nitrogens with zero attached hydrogens (tertiary/aromatic N) is 1. The number of hydrogen-bond acceptors (Lipinski definition) is 4. The molecular weight excluding hydrogens is 332 g/mol. The molecule has 6 nitrogen and oxygen atoms in total. The van der Waals surface area contributed by atoms with Crippen LogP contribution in [-0.2, 0) is 9.59 Å². The van der Waals surface area contributed by atoms with E-state index in [4.69, 9.17) is 9.47 Å². The number of carbonyl (C=O) groups is 2. The normalized spacial score (nSPS) is 10.1. The SMILES string of the molecule is CCOc1ccc(NC(=O)CN(C(C)=O)c2ccc(OCC)cc2)cc1. The molecule has 0 unspecified atom stereocenters. The van der Waals surface area contributed by atoms with Crippen molar-refractivity contribution in [1.82, 2.24) is 0 Å². The average Bonchev–Trinajstić information content (AvgIpc) is 2.62. The summed E-state index contributed by atoms with van der Waals surface area (Å²) < 4.78 is 10.8. The molecule has 0 bridgehead atoms. The molecule has 6 heteroatoms. The van der Waals surface area contributed by atoms with Gasteiger partial charge in [-0.25, -0.2) is 0 Å². The van der Waals surface area contributed by atoms with Gasteiger partial charge in [-0.15, -0.1) is 0 Å². The summed E-state index contributed by atoms with van der Waals surface area (Å²) in [7, 11) is 0. The van der Waals surface area contributed by atoms with Crippen LogP contribution >= 0.6 is 0 Å².